The van der Waals surface area contributed by atoms with Crippen LogP contribution >= 0.6 is 0 Å². The van der Waals surface area contributed by atoms with Gasteiger partial charge in [0, 0.05) is 20.2 Å². The van der Waals surface area contributed by atoms with Crippen molar-refractivity contribution < 1.29 is 14.6 Å². The average molecular weight is 239 g/mol. The Balaban J connectivity index is 2.50. The van der Waals surface area contributed by atoms with E-state index in [2.05, 4.69) is 5.32 Å². The van der Waals surface area contributed by atoms with E-state index in [4.69, 9.17) is 9.47 Å². The minimum atomic E-state index is -0.186. The van der Waals surface area contributed by atoms with Gasteiger partial charge in [0.25, 0.3) is 0 Å². The lowest BCUT2D eigenvalue weighted by molar-refractivity contribution is 0.0230. The van der Waals surface area contributed by atoms with Gasteiger partial charge in [0.05, 0.1) is 12.7 Å². The van der Waals surface area contributed by atoms with Crippen LogP contribution in [0.15, 0.2) is 18.2 Å². The molecule has 0 bridgehead atoms. The number of benzene rings is 1. The summed E-state index contributed by atoms with van der Waals surface area (Å²) in [7, 11) is 3.23. The number of hydrogen-bond acceptors (Lipinski definition) is 4. The molecule has 0 fully saturated rings. The molecule has 0 atom stereocenters. The second-order valence-corrected chi connectivity index (χ2v) is 4.57. The fraction of sp³-hybridized carbons (Fsp3) is 0.538. The van der Waals surface area contributed by atoms with Crippen LogP contribution in [0.1, 0.15) is 19.4 Å². The molecule has 0 aliphatic carbocycles. The lowest BCUT2D eigenvalue weighted by atomic mass is 10.1. The maximum Gasteiger partial charge on any atom is 0.160 e. The number of aromatic hydroxyl groups is 1. The fourth-order valence-corrected chi connectivity index (χ4v) is 1.43. The molecule has 4 heteroatoms. The molecule has 0 aliphatic rings. The van der Waals surface area contributed by atoms with Crippen molar-refractivity contribution in [2.75, 3.05) is 20.8 Å². The number of ether oxygens (including phenoxy) is 2. The van der Waals surface area contributed by atoms with E-state index in [1.807, 2.05) is 19.9 Å². The molecule has 0 unspecified atom stereocenters. The highest BCUT2D eigenvalue weighted by Crippen LogP contribution is 2.26. The van der Waals surface area contributed by atoms with Gasteiger partial charge in [-0.25, -0.2) is 0 Å². The molecule has 0 amide bonds. The molecular weight excluding hydrogens is 218 g/mol. The predicted molar refractivity (Wildman–Crippen MR) is 67.5 cm³/mol. The summed E-state index contributed by atoms with van der Waals surface area (Å²) >= 11 is 0. The Hall–Kier alpha value is -1.26. The van der Waals surface area contributed by atoms with Crippen molar-refractivity contribution in [2.24, 2.45) is 0 Å². The monoisotopic (exact) mass is 239 g/mol. The Morgan fingerprint density at radius 1 is 1.29 bits per heavy atom. The maximum atomic E-state index is 9.62. The average Bonchev–Trinajstić information content (AvgIpc) is 2.29. The van der Waals surface area contributed by atoms with Crippen LogP contribution < -0.4 is 10.1 Å². The normalized spacial score (nSPS) is 11.5. The van der Waals surface area contributed by atoms with Gasteiger partial charge < -0.3 is 19.9 Å². The third-order valence-electron chi connectivity index (χ3n) is 2.68. The highest BCUT2D eigenvalue weighted by molar-refractivity contribution is 5.41. The zero-order valence-corrected chi connectivity index (χ0v) is 10.9. The van der Waals surface area contributed by atoms with Gasteiger partial charge in [0.2, 0.25) is 0 Å². The fourth-order valence-electron chi connectivity index (χ4n) is 1.43. The van der Waals surface area contributed by atoms with Crippen LogP contribution in [0.25, 0.3) is 0 Å². The number of methoxy groups -OCH3 is 2. The first-order valence-electron chi connectivity index (χ1n) is 5.60. The second kappa shape index (κ2) is 5.89. The summed E-state index contributed by atoms with van der Waals surface area (Å²) in [6.45, 7) is 5.47. The first kappa shape index (κ1) is 13.8. The molecule has 1 rings (SSSR count). The Bertz CT molecular complexity index is 364. The molecule has 96 valence electrons. The standard InChI is InChI=1S/C13H21NO3/c1-13(2,17-4)9-14-8-10-5-6-12(16-3)11(15)7-10/h5-7,14-15H,8-9H2,1-4H3. The molecule has 0 radical (unpaired) electrons. The van der Waals surface area contributed by atoms with E-state index in [9.17, 15) is 5.11 Å². The van der Waals surface area contributed by atoms with Crippen LogP contribution in [-0.2, 0) is 11.3 Å². The first-order valence-corrected chi connectivity index (χ1v) is 5.60. The summed E-state index contributed by atoms with van der Waals surface area (Å²) in [5.74, 6) is 0.656. The SMILES string of the molecule is COc1ccc(CNCC(C)(C)OC)cc1O. The summed E-state index contributed by atoms with van der Waals surface area (Å²) in [5, 5.41) is 12.9. The van der Waals surface area contributed by atoms with Crippen molar-refractivity contribution in [3.05, 3.63) is 23.8 Å². The molecule has 0 saturated carbocycles. The molecule has 1 aromatic carbocycles. The minimum Gasteiger partial charge on any atom is -0.504 e. The quantitative estimate of drug-likeness (QED) is 0.796. The van der Waals surface area contributed by atoms with Crippen LogP contribution in [0.5, 0.6) is 11.5 Å². The van der Waals surface area contributed by atoms with Gasteiger partial charge in [-0.05, 0) is 31.5 Å². The highest BCUT2D eigenvalue weighted by Gasteiger charge is 2.15. The minimum absolute atomic E-state index is 0.165. The Morgan fingerprint density at radius 3 is 2.53 bits per heavy atom. The molecule has 17 heavy (non-hydrogen) atoms. The molecule has 0 spiro atoms. The summed E-state index contributed by atoms with van der Waals surface area (Å²) in [5.41, 5.74) is 0.823. The van der Waals surface area contributed by atoms with E-state index < -0.39 is 0 Å². The Morgan fingerprint density at radius 2 is 2.00 bits per heavy atom. The summed E-state index contributed by atoms with van der Waals surface area (Å²) in [6, 6.07) is 5.38. The molecule has 1 aromatic rings. The number of phenols is 1. The van der Waals surface area contributed by atoms with Crippen molar-refractivity contribution in [3.63, 3.8) is 0 Å². The largest absolute Gasteiger partial charge is 0.504 e. The molecule has 4 nitrogen and oxygen atoms in total. The zero-order valence-electron chi connectivity index (χ0n) is 10.9. The number of phenolic OH excluding ortho intramolecular Hbond substituents is 1. The molecule has 0 heterocycles. The number of rotatable bonds is 6. The van der Waals surface area contributed by atoms with E-state index in [0.717, 1.165) is 12.1 Å². The van der Waals surface area contributed by atoms with Gasteiger partial charge in [0.15, 0.2) is 11.5 Å². The third kappa shape index (κ3) is 4.24. The summed E-state index contributed by atoms with van der Waals surface area (Å²) in [4.78, 5) is 0. The van der Waals surface area contributed by atoms with Gasteiger partial charge in [-0.15, -0.1) is 0 Å². The Kier molecular flexibility index (Phi) is 4.78. The topological polar surface area (TPSA) is 50.7 Å². The van der Waals surface area contributed by atoms with Crippen LogP contribution in [0.3, 0.4) is 0 Å². The van der Waals surface area contributed by atoms with E-state index in [1.54, 1.807) is 19.2 Å². The zero-order chi connectivity index (χ0) is 12.9. The van der Waals surface area contributed by atoms with Gasteiger partial charge >= 0.3 is 0 Å². The molecular formula is C13H21NO3. The summed E-state index contributed by atoms with van der Waals surface area (Å²) < 4.78 is 10.3. The van der Waals surface area contributed by atoms with E-state index in [0.29, 0.717) is 12.3 Å². The smallest absolute Gasteiger partial charge is 0.160 e. The second-order valence-electron chi connectivity index (χ2n) is 4.57. The van der Waals surface area contributed by atoms with Crippen molar-refractivity contribution >= 4 is 0 Å². The van der Waals surface area contributed by atoms with Crippen LogP contribution in [0, 0.1) is 0 Å². The van der Waals surface area contributed by atoms with Gasteiger partial charge in [-0.1, -0.05) is 6.07 Å². The number of hydrogen-bond donors (Lipinski definition) is 2. The van der Waals surface area contributed by atoms with E-state index in [1.165, 1.54) is 7.11 Å². The Labute approximate surface area is 103 Å². The van der Waals surface area contributed by atoms with Crippen LogP contribution in [-0.4, -0.2) is 31.5 Å². The highest BCUT2D eigenvalue weighted by atomic mass is 16.5. The molecule has 0 saturated heterocycles. The van der Waals surface area contributed by atoms with Crippen LogP contribution in [0.2, 0.25) is 0 Å². The van der Waals surface area contributed by atoms with Crippen molar-refractivity contribution in [2.45, 2.75) is 26.0 Å². The molecule has 2 N–H and O–H groups in total. The van der Waals surface area contributed by atoms with E-state index >= 15 is 0 Å². The van der Waals surface area contributed by atoms with Crippen molar-refractivity contribution in [1.29, 1.82) is 0 Å². The molecule has 0 aliphatic heterocycles. The van der Waals surface area contributed by atoms with Gasteiger partial charge in [0.1, 0.15) is 0 Å². The van der Waals surface area contributed by atoms with Crippen LogP contribution in [0.4, 0.5) is 0 Å². The van der Waals surface area contributed by atoms with Gasteiger partial charge in [-0.3, -0.25) is 0 Å². The number of nitrogens with one attached hydrogen (secondary N) is 1. The lowest BCUT2D eigenvalue weighted by Crippen LogP contribution is -2.36. The van der Waals surface area contributed by atoms with Crippen molar-refractivity contribution in [1.82, 2.24) is 5.32 Å². The third-order valence-corrected chi connectivity index (χ3v) is 2.68. The lowest BCUT2D eigenvalue weighted by Gasteiger charge is -2.23. The van der Waals surface area contributed by atoms with Crippen molar-refractivity contribution in [3.8, 4) is 11.5 Å². The summed E-state index contributed by atoms with van der Waals surface area (Å²) in [6.07, 6.45) is 0. The molecule has 0 aromatic heterocycles. The first-order chi connectivity index (χ1) is 7.98. The van der Waals surface area contributed by atoms with Gasteiger partial charge in [-0.2, -0.15) is 0 Å². The van der Waals surface area contributed by atoms with E-state index in [-0.39, 0.29) is 11.4 Å². The maximum absolute atomic E-state index is 9.62. The predicted octanol–water partition coefficient (Wildman–Crippen LogP) is 1.92.